The number of esters is 1. The van der Waals surface area contributed by atoms with Gasteiger partial charge in [-0.05, 0) is 23.6 Å². The first-order valence-electron chi connectivity index (χ1n) is 6.05. The predicted octanol–water partition coefficient (Wildman–Crippen LogP) is 2.23. The average Bonchev–Trinajstić information content (AvgIpc) is 2.47. The van der Waals surface area contributed by atoms with E-state index in [0.29, 0.717) is 16.7 Å². The number of rotatable bonds is 2. The minimum absolute atomic E-state index is 0. The lowest BCUT2D eigenvalue weighted by Crippen LogP contribution is -2.19. The van der Waals surface area contributed by atoms with E-state index in [0.717, 1.165) is 10.8 Å². The van der Waals surface area contributed by atoms with Crippen LogP contribution >= 0.6 is 12.4 Å². The number of nitrogens with two attached hydrogens (primary N) is 1. The Labute approximate surface area is 125 Å². The third-order valence-electron chi connectivity index (χ3n) is 2.99. The summed E-state index contributed by atoms with van der Waals surface area (Å²) in [4.78, 5) is 23.0. The minimum atomic E-state index is -0.549. The molecule has 3 aromatic rings. The second kappa shape index (κ2) is 5.95. The molecule has 2 N–H and O–H groups in total. The van der Waals surface area contributed by atoms with Crippen molar-refractivity contribution in [3.63, 3.8) is 0 Å². The number of carbonyl (C=O) groups excluding carboxylic acids is 1. The first kappa shape index (κ1) is 15.0. The number of fused-ring (bicyclic) bond motifs is 3. The van der Waals surface area contributed by atoms with E-state index in [1.165, 1.54) is 6.07 Å². The van der Waals surface area contributed by atoms with Crippen molar-refractivity contribution in [2.75, 3.05) is 6.54 Å². The second-order valence-electron chi connectivity index (χ2n) is 4.27. The zero-order valence-corrected chi connectivity index (χ0v) is 11.7. The Hall–Kier alpha value is -2.37. The Bertz CT molecular complexity index is 872. The second-order valence-corrected chi connectivity index (χ2v) is 4.27. The van der Waals surface area contributed by atoms with E-state index in [9.17, 15) is 9.59 Å². The lowest BCUT2D eigenvalue weighted by Gasteiger charge is -2.05. The van der Waals surface area contributed by atoms with Gasteiger partial charge in [0, 0.05) is 11.5 Å². The molecule has 0 spiro atoms. The lowest BCUT2D eigenvalue weighted by atomic mass is 10.1. The molecule has 0 aliphatic carbocycles. The SMILES string of the molecule is Cl.NCC(=O)Oc1ccc2c(c1)oc(=O)c1ccccc12. The molecule has 0 saturated carbocycles. The molecule has 0 aliphatic heterocycles. The molecule has 0 radical (unpaired) electrons. The molecule has 1 aromatic heterocycles. The first-order valence-corrected chi connectivity index (χ1v) is 6.05. The molecule has 3 rings (SSSR count). The highest BCUT2D eigenvalue weighted by Gasteiger charge is 2.09. The van der Waals surface area contributed by atoms with Gasteiger partial charge in [0.1, 0.15) is 11.3 Å². The summed E-state index contributed by atoms with van der Waals surface area (Å²) in [7, 11) is 0. The number of hydrogen-bond acceptors (Lipinski definition) is 5. The fourth-order valence-electron chi connectivity index (χ4n) is 2.10. The third kappa shape index (κ3) is 2.74. The Kier molecular flexibility index (Phi) is 4.26. The van der Waals surface area contributed by atoms with Gasteiger partial charge in [0.2, 0.25) is 0 Å². The molecular weight excluding hydrogens is 294 g/mol. The highest BCUT2D eigenvalue weighted by atomic mass is 35.5. The largest absolute Gasteiger partial charge is 0.425 e. The van der Waals surface area contributed by atoms with Crippen LogP contribution in [0.5, 0.6) is 5.75 Å². The molecule has 0 bridgehead atoms. The fourth-order valence-corrected chi connectivity index (χ4v) is 2.10. The smallest absolute Gasteiger partial charge is 0.344 e. The standard InChI is InChI=1S/C15H11NO4.ClH/c16-8-14(17)19-9-5-6-11-10-3-1-2-4-12(10)15(18)20-13(11)7-9;/h1-7H,8,16H2;1H. The van der Waals surface area contributed by atoms with E-state index in [1.54, 1.807) is 24.3 Å². The van der Waals surface area contributed by atoms with Crippen LogP contribution < -0.4 is 16.1 Å². The molecule has 0 amide bonds. The van der Waals surface area contributed by atoms with Crippen LogP contribution in [0.25, 0.3) is 21.7 Å². The van der Waals surface area contributed by atoms with Gasteiger partial charge in [0.05, 0.1) is 11.9 Å². The maximum atomic E-state index is 11.9. The molecule has 0 atom stereocenters. The predicted molar refractivity (Wildman–Crippen MR) is 81.9 cm³/mol. The van der Waals surface area contributed by atoms with Gasteiger partial charge in [0.25, 0.3) is 0 Å². The van der Waals surface area contributed by atoms with Crippen molar-refractivity contribution in [2.45, 2.75) is 0 Å². The molecule has 6 heteroatoms. The molecule has 0 fully saturated rings. The Morgan fingerprint density at radius 1 is 1.10 bits per heavy atom. The van der Waals surface area contributed by atoms with Gasteiger partial charge >= 0.3 is 11.6 Å². The zero-order chi connectivity index (χ0) is 14.1. The Morgan fingerprint density at radius 3 is 2.52 bits per heavy atom. The number of halogens is 1. The van der Waals surface area contributed by atoms with Crippen molar-refractivity contribution in [1.29, 1.82) is 0 Å². The molecule has 0 saturated heterocycles. The van der Waals surface area contributed by atoms with E-state index in [4.69, 9.17) is 14.9 Å². The van der Waals surface area contributed by atoms with Crippen LogP contribution in [0.4, 0.5) is 0 Å². The van der Waals surface area contributed by atoms with Crippen LogP contribution in [0, 0.1) is 0 Å². The summed E-state index contributed by atoms with van der Waals surface area (Å²) in [6.07, 6.45) is 0. The monoisotopic (exact) mass is 305 g/mol. The van der Waals surface area contributed by atoms with Crippen LogP contribution in [-0.4, -0.2) is 12.5 Å². The average molecular weight is 306 g/mol. The van der Waals surface area contributed by atoms with Gasteiger partial charge in [-0.15, -0.1) is 12.4 Å². The normalized spacial score (nSPS) is 10.3. The van der Waals surface area contributed by atoms with Crippen molar-refractivity contribution >= 4 is 40.1 Å². The summed E-state index contributed by atoms with van der Waals surface area (Å²) in [5.74, 6) is -0.251. The maximum absolute atomic E-state index is 11.9. The lowest BCUT2D eigenvalue weighted by molar-refractivity contribution is -0.132. The van der Waals surface area contributed by atoms with E-state index in [2.05, 4.69) is 0 Å². The van der Waals surface area contributed by atoms with Crippen molar-refractivity contribution in [3.05, 3.63) is 52.9 Å². The van der Waals surface area contributed by atoms with Crippen LogP contribution in [0.15, 0.2) is 51.7 Å². The van der Waals surface area contributed by atoms with Crippen molar-refractivity contribution in [2.24, 2.45) is 5.73 Å². The molecule has 1 heterocycles. The van der Waals surface area contributed by atoms with Crippen LogP contribution in [0.3, 0.4) is 0 Å². The molecule has 21 heavy (non-hydrogen) atoms. The molecule has 0 unspecified atom stereocenters. The van der Waals surface area contributed by atoms with E-state index < -0.39 is 11.6 Å². The summed E-state index contributed by atoms with van der Waals surface area (Å²) in [5, 5.41) is 2.11. The molecule has 0 aliphatic rings. The molecule has 5 nitrogen and oxygen atoms in total. The van der Waals surface area contributed by atoms with Gasteiger partial charge < -0.3 is 14.9 Å². The van der Waals surface area contributed by atoms with Gasteiger partial charge in [-0.1, -0.05) is 18.2 Å². The summed E-state index contributed by atoms with van der Waals surface area (Å²) >= 11 is 0. The van der Waals surface area contributed by atoms with Crippen LogP contribution in [0.1, 0.15) is 0 Å². The number of hydrogen-bond donors (Lipinski definition) is 1. The van der Waals surface area contributed by atoms with Crippen molar-refractivity contribution in [1.82, 2.24) is 0 Å². The fraction of sp³-hybridized carbons (Fsp3) is 0.0667. The first-order chi connectivity index (χ1) is 9.69. The Morgan fingerprint density at radius 2 is 1.81 bits per heavy atom. The molecule has 2 aromatic carbocycles. The summed E-state index contributed by atoms with van der Waals surface area (Å²) < 4.78 is 10.3. The molecule has 108 valence electrons. The van der Waals surface area contributed by atoms with E-state index in [-0.39, 0.29) is 19.0 Å². The topological polar surface area (TPSA) is 82.5 Å². The highest BCUT2D eigenvalue weighted by Crippen LogP contribution is 2.26. The number of benzene rings is 2. The van der Waals surface area contributed by atoms with Gasteiger partial charge in [-0.3, -0.25) is 4.79 Å². The number of carbonyl (C=O) groups is 1. The minimum Gasteiger partial charge on any atom is -0.425 e. The van der Waals surface area contributed by atoms with Gasteiger partial charge in [0.15, 0.2) is 0 Å². The van der Waals surface area contributed by atoms with E-state index >= 15 is 0 Å². The summed E-state index contributed by atoms with van der Waals surface area (Å²) in [6, 6.07) is 12.1. The van der Waals surface area contributed by atoms with Crippen LogP contribution in [0.2, 0.25) is 0 Å². The third-order valence-corrected chi connectivity index (χ3v) is 2.99. The summed E-state index contributed by atoms with van der Waals surface area (Å²) in [6.45, 7) is -0.209. The van der Waals surface area contributed by atoms with Crippen molar-refractivity contribution in [3.8, 4) is 5.75 Å². The van der Waals surface area contributed by atoms with Gasteiger partial charge in [-0.25, -0.2) is 4.79 Å². The van der Waals surface area contributed by atoms with E-state index in [1.807, 2.05) is 12.1 Å². The van der Waals surface area contributed by atoms with Gasteiger partial charge in [-0.2, -0.15) is 0 Å². The van der Waals surface area contributed by atoms with Crippen molar-refractivity contribution < 1.29 is 13.9 Å². The highest BCUT2D eigenvalue weighted by molar-refractivity contribution is 6.04. The maximum Gasteiger partial charge on any atom is 0.344 e. The molecular formula is C15H12ClNO4. The number of ether oxygens (including phenoxy) is 1. The quantitative estimate of drug-likeness (QED) is 0.340. The van der Waals surface area contributed by atoms with Crippen LogP contribution in [-0.2, 0) is 4.79 Å². The Balaban J connectivity index is 0.00000161. The zero-order valence-electron chi connectivity index (χ0n) is 10.9. The summed E-state index contributed by atoms with van der Waals surface area (Å²) in [5.41, 5.74) is 5.13.